The highest BCUT2D eigenvalue weighted by Crippen LogP contribution is 2.43. The van der Waals surface area contributed by atoms with Gasteiger partial charge in [-0.05, 0) is 65.5 Å². The third-order valence-electron chi connectivity index (χ3n) is 8.54. The predicted molar refractivity (Wildman–Crippen MR) is 164 cm³/mol. The number of rotatable bonds is 8. The van der Waals surface area contributed by atoms with Crippen LogP contribution in [0, 0.1) is 0 Å². The number of hydrogen-bond donors (Lipinski definition) is 0. The van der Waals surface area contributed by atoms with Gasteiger partial charge in [0.05, 0.1) is 48.8 Å². The number of methoxy groups -OCH3 is 2. The molecule has 4 aliphatic rings. The summed E-state index contributed by atoms with van der Waals surface area (Å²) >= 11 is 0. The summed E-state index contributed by atoms with van der Waals surface area (Å²) in [6.07, 6.45) is 8.00. The maximum Gasteiger partial charge on any atom is 0.256 e. The van der Waals surface area contributed by atoms with E-state index in [1.54, 1.807) is 38.5 Å². The molecule has 0 aliphatic carbocycles. The van der Waals surface area contributed by atoms with Crippen LogP contribution in [0.2, 0.25) is 0 Å². The summed E-state index contributed by atoms with van der Waals surface area (Å²) in [5, 5.41) is 0. The summed E-state index contributed by atoms with van der Waals surface area (Å²) in [7, 11) is 3.14. The lowest BCUT2D eigenvalue weighted by atomic mass is 9.91. The topological polar surface area (TPSA) is 102 Å². The van der Waals surface area contributed by atoms with Crippen molar-refractivity contribution in [3.63, 3.8) is 0 Å². The minimum absolute atomic E-state index is 0.0237. The number of nitrogens with zero attached hydrogens (tertiary/aromatic N) is 4. The van der Waals surface area contributed by atoms with E-state index >= 15 is 0 Å². The summed E-state index contributed by atoms with van der Waals surface area (Å²) in [5.74, 6) is 1.89. The van der Waals surface area contributed by atoms with Crippen LogP contribution in [0.5, 0.6) is 23.0 Å². The second-order valence-electron chi connectivity index (χ2n) is 12.9. The molecule has 2 fully saturated rings. The summed E-state index contributed by atoms with van der Waals surface area (Å²) in [6, 6.07) is 7.09. The zero-order valence-corrected chi connectivity index (χ0v) is 25.8. The molecule has 2 amide bonds. The van der Waals surface area contributed by atoms with Gasteiger partial charge in [0.1, 0.15) is 11.2 Å². The van der Waals surface area contributed by atoms with E-state index in [1.165, 1.54) is 0 Å². The van der Waals surface area contributed by atoms with Crippen LogP contribution in [0.4, 0.5) is 11.4 Å². The molecule has 228 valence electrons. The molecule has 0 radical (unpaired) electrons. The van der Waals surface area contributed by atoms with E-state index in [0.717, 1.165) is 38.8 Å². The molecule has 2 saturated heterocycles. The molecule has 4 heterocycles. The fourth-order valence-corrected chi connectivity index (χ4v) is 6.87. The molecule has 2 atom stereocenters. The molecule has 2 aromatic carbocycles. The van der Waals surface area contributed by atoms with E-state index in [-0.39, 0.29) is 23.9 Å². The molecule has 1 unspecified atom stereocenters. The van der Waals surface area contributed by atoms with Crippen molar-refractivity contribution >= 4 is 35.6 Å². The molecule has 43 heavy (non-hydrogen) atoms. The number of fused-ring (bicyclic) bond motifs is 4. The smallest absolute Gasteiger partial charge is 0.256 e. The summed E-state index contributed by atoms with van der Waals surface area (Å²) in [5.41, 5.74) is 0.771. The van der Waals surface area contributed by atoms with Gasteiger partial charge in [-0.3, -0.25) is 19.6 Å². The van der Waals surface area contributed by atoms with E-state index in [4.69, 9.17) is 18.9 Å². The minimum Gasteiger partial charge on any atom is -0.493 e. The van der Waals surface area contributed by atoms with E-state index in [2.05, 4.69) is 9.98 Å². The normalized spacial score (nSPS) is 21.1. The van der Waals surface area contributed by atoms with Crippen molar-refractivity contribution in [1.82, 2.24) is 9.80 Å². The third-order valence-corrected chi connectivity index (χ3v) is 8.54. The zero-order chi connectivity index (χ0) is 30.5. The molecule has 0 N–H and O–H groups in total. The Balaban J connectivity index is 1.23. The standard InChI is InChI=1S/C33H40N4O6/c1-32(2,42-28-15-24-22(13-26(28)40-5)30(38)36-11-7-9-20(36)17-34-24)19-33(3,4)43-29-16-25-23(14-27(29)41-6)31(39)37-12-8-10-21(37)18-35-25/h13-18,20-21H,7-12,19H2,1-6H3/t20-,21?/m0/s1. The average Bonchev–Trinajstić information content (AvgIpc) is 3.58. The van der Waals surface area contributed by atoms with Crippen LogP contribution in [0.15, 0.2) is 34.3 Å². The molecular formula is C33H40N4O6. The van der Waals surface area contributed by atoms with Crippen molar-refractivity contribution in [2.75, 3.05) is 27.3 Å². The molecule has 10 nitrogen and oxygen atoms in total. The van der Waals surface area contributed by atoms with Crippen LogP contribution < -0.4 is 18.9 Å². The van der Waals surface area contributed by atoms with Crippen LogP contribution in [0.3, 0.4) is 0 Å². The Hall–Kier alpha value is -4.08. The Morgan fingerprint density at radius 3 is 1.51 bits per heavy atom. The lowest BCUT2D eigenvalue weighted by Gasteiger charge is -2.36. The summed E-state index contributed by atoms with van der Waals surface area (Å²) in [6.45, 7) is 9.40. The molecule has 0 bridgehead atoms. The number of carbonyl (C=O) groups excluding carboxylic acids is 2. The van der Waals surface area contributed by atoms with E-state index in [0.29, 0.717) is 51.9 Å². The molecule has 4 aliphatic heterocycles. The van der Waals surface area contributed by atoms with Crippen molar-refractivity contribution in [3.8, 4) is 23.0 Å². The first-order chi connectivity index (χ1) is 20.5. The molecular weight excluding hydrogens is 548 g/mol. The minimum atomic E-state index is -0.707. The van der Waals surface area contributed by atoms with Gasteiger partial charge in [0, 0.05) is 44.1 Å². The fraction of sp³-hybridized carbons (Fsp3) is 0.515. The van der Waals surface area contributed by atoms with Gasteiger partial charge in [-0.1, -0.05) is 0 Å². The van der Waals surface area contributed by atoms with Gasteiger partial charge in [0.25, 0.3) is 11.8 Å². The van der Waals surface area contributed by atoms with Gasteiger partial charge < -0.3 is 28.7 Å². The number of aliphatic imine (C=N–C) groups is 2. The van der Waals surface area contributed by atoms with Crippen LogP contribution in [-0.2, 0) is 0 Å². The van der Waals surface area contributed by atoms with Crippen molar-refractivity contribution in [2.24, 2.45) is 9.98 Å². The number of carbonyl (C=O) groups is 2. The van der Waals surface area contributed by atoms with Gasteiger partial charge in [-0.25, -0.2) is 0 Å². The zero-order valence-electron chi connectivity index (χ0n) is 25.8. The highest BCUT2D eigenvalue weighted by Gasteiger charge is 2.37. The quantitative estimate of drug-likeness (QED) is 0.389. The average molecular weight is 589 g/mol. The maximum absolute atomic E-state index is 13.3. The second kappa shape index (κ2) is 10.9. The first-order valence-corrected chi connectivity index (χ1v) is 15.0. The fourth-order valence-electron chi connectivity index (χ4n) is 6.87. The lowest BCUT2D eigenvalue weighted by Crippen LogP contribution is -2.41. The Labute approximate surface area is 252 Å². The predicted octanol–water partition coefficient (Wildman–Crippen LogP) is 5.75. The van der Waals surface area contributed by atoms with E-state index in [9.17, 15) is 9.59 Å². The summed E-state index contributed by atoms with van der Waals surface area (Å²) in [4.78, 5) is 39.6. The summed E-state index contributed by atoms with van der Waals surface area (Å²) < 4.78 is 24.4. The Morgan fingerprint density at radius 1 is 0.698 bits per heavy atom. The second-order valence-corrected chi connectivity index (χ2v) is 12.9. The highest BCUT2D eigenvalue weighted by atomic mass is 16.5. The van der Waals surface area contributed by atoms with Gasteiger partial charge in [0.15, 0.2) is 23.0 Å². The van der Waals surface area contributed by atoms with Crippen molar-refractivity contribution in [1.29, 1.82) is 0 Å². The van der Waals surface area contributed by atoms with Crippen LogP contribution in [0.1, 0.15) is 80.5 Å². The molecule has 0 saturated carbocycles. The molecule has 0 aromatic heterocycles. The van der Waals surface area contributed by atoms with Gasteiger partial charge in [-0.2, -0.15) is 0 Å². The maximum atomic E-state index is 13.3. The number of amides is 2. The van der Waals surface area contributed by atoms with Crippen LogP contribution >= 0.6 is 0 Å². The molecule has 6 rings (SSSR count). The van der Waals surface area contributed by atoms with Crippen molar-refractivity contribution < 1.29 is 28.5 Å². The van der Waals surface area contributed by atoms with Gasteiger partial charge >= 0.3 is 0 Å². The monoisotopic (exact) mass is 588 g/mol. The van der Waals surface area contributed by atoms with E-state index < -0.39 is 11.2 Å². The van der Waals surface area contributed by atoms with Crippen LogP contribution in [0.25, 0.3) is 0 Å². The first-order valence-electron chi connectivity index (χ1n) is 15.0. The van der Waals surface area contributed by atoms with Crippen LogP contribution in [-0.4, -0.2) is 84.6 Å². The Kier molecular flexibility index (Phi) is 7.34. The lowest BCUT2D eigenvalue weighted by molar-refractivity contribution is 0.00268. The first kappa shape index (κ1) is 29.0. The molecule has 0 spiro atoms. The highest BCUT2D eigenvalue weighted by molar-refractivity contribution is 6.04. The van der Waals surface area contributed by atoms with Crippen molar-refractivity contribution in [3.05, 3.63) is 35.4 Å². The third kappa shape index (κ3) is 5.55. The molecule has 2 aromatic rings. The SMILES string of the molecule is COc1cc2c(cc1OC(C)(C)CC(C)(C)Oc1cc3c(cc1OC)C(=O)N1CCC[C@H]1C=N3)N=CC1CCCN1C2=O. The van der Waals surface area contributed by atoms with Gasteiger partial charge in [0.2, 0.25) is 0 Å². The van der Waals surface area contributed by atoms with Gasteiger partial charge in [-0.15, -0.1) is 0 Å². The Morgan fingerprint density at radius 2 is 1.12 bits per heavy atom. The number of ether oxygens (including phenoxy) is 4. The Bertz CT molecular complexity index is 1400. The number of hydrogen-bond acceptors (Lipinski definition) is 8. The van der Waals surface area contributed by atoms with Crippen molar-refractivity contribution in [2.45, 2.75) is 83.1 Å². The van der Waals surface area contributed by atoms with E-state index in [1.807, 2.05) is 49.9 Å². The number of benzene rings is 2. The largest absolute Gasteiger partial charge is 0.493 e. The molecule has 10 heteroatoms.